The van der Waals surface area contributed by atoms with Gasteiger partial charge in [-0.05, 0) is 51.8 Å². The topological polar surface area (TPSA) is 38.8 Å². The minimum atomic E-state index is -0.590. The molecule has 1 amide bonds. The molecule has 2 heterocycles. The number of fused-ring (bicyclic) bond motifs is 1. The molecule has 0 bridgehead atoms. The average Bonchev–Trinajstić information content (AvgIpc) is 2.62. The summed E-state index contributed by atoms with van der Waals surface area (Å²) in [7, 11) is 1.61. The smallest absolute Gasteiger partial charge is 0.227 e. The van der Waals surface area contributed by atoms with E-state index in [0.717, 1.165) is 5.56 Å². The third-order valence-corrected chi connectivity index (χ3v) is 5.01. The molecule has 4 nitrogen and oxygen atoms in total. The Kier molecular flexibility index (Phi) is 3.34. The van der Waals surface area contributed by atoms with Gasteiger partial charge in [-0.1, -0.05) is 0 Å². The maximum absolute atomic E-state index is 14.5. The van der Waals surface area contributed by atoms with Crippen LogP contribution in [0.15, 0.2) is 12.1 Å². The second-order valence-corrected chi connectivity index (χ2v) is 7.05. The fourth-order valence-corrected chi connectivity index (χ4v) is 2.89. The highest BCUT2D eigenvalue weighted by molar-refractivity contribution is 5.96. The third kappa shape index (κ3) is 2.23. The van der Waals surface area contributed by atoms with Crippen LogP contribution in [0.2, 0.25) is 0 Å². The van der Waals surface area contributed by atoms with Gasteiger partial charge in [0, 0.05) is 19.0 Å². The number of anilines is 1. The Bertz CT molecular complexity index is 623. The molecule has 0 aromatic heterocycles. The largest absolute Gasteiger partial charge is 0.339 e. The molecule has 0 saturated carbocycles. The van der Waals surface area contributed by atoms with Gasteiger partial charge in [0.25, 0.3) is 0 Å². The number of nitrogens with zero attached hydrogens (tertiary/aromatic N) is 1. The van der Waals surface area contributed by atoms with Crippen molar-refractivity contribution in [3.05, 3.63) is 29.1 Å². The van der Waals surface area contributed by atoms with Crippen molar-refractivity contribution >= 4 is 11.6 Å². The molecule has 0 unspecified atom stereocenters. The van der Waals surface area contributed by atoms with Crippen LogP contribution in [-0.2, 0) is 20.7 Å². The number of hydrogen-bond donors (Lipinski definition) is 0. The molecule has 2 aliphatic heterocycles. The lowest BCUT2D eigenvalue weighted by molar-refractivity contribution is -0.118. The molecular formula is C17H22FNO3. The zero-order valence-electron chi connectivity index (χ0n) is 13.7. The molecule has 0 N–H and O–H groups in total. The second kappa shape index (κ2) is 4.77. The van der Waals surface area contributed by atoms with Crippen molar-refractivity contribution in [2.75, 3.05) is 11.9 Å². The zero-order valence-corrected chi connectivity index (χ0v) is 13.7. The summed E-state index contributed by atoms with van der Waals surface area (Å²) in [6.07, 6.45) is 0.353. The Morgan fingerprint density at radius 1 is 1.14 bits per heavy atom. The fraction of sp³-hybridized carbons (Fsp3) is 0.588. The summed E-state index contributed by atoms with van der Waals surface area (Å²) in [5, 5.41) is 0. The lowest BCUT2D eigenvalue weighted by Gasteiger charge is -2.30. The number of halogens is 1. The monoisotopic (exact) mass is 307 g/mol. The molecule has 0 radical (unpaired) electrons. The highest BCUT2D eigenvalue weighted by Crippen LogP contribution is 2.45. The molecule has 22 heavy (non-hydrogen) atoms. The van der Waals surface area contributed by atoms with Crippen molar-refractivity contribution in [1.29, 1.82) is 0 Å². The minimum Gasteiger partial charge on any atom is -0.339 e. The van der Waals surface area contributed by atoms with Crippen LogP contribution in [0.5, 0.6) is 0 Å². The lowest BCUT2D eigenvalue weighted by Crippen LogP contribution is -2.41. The SMILES string of the molecule is CN1C(=O)CCc2cc(C3OC(C)(C)C(C)(C)O3)cc(F)c21. The van der Waals surface area contributed by atoms with Crippen LogP contribution in [0.4, 0.5) is 10.1 Å². The average molecular weight is 307 g/mol. The fourth-order valence-electron chi connectivity index (χ4n) is 2.89. The quantitative estimate of drug-likeness (QED) is 0.799. The number of ether oxygens (including phenoxy) is 2. The van der Waals surface area contributed by atoms with Gasteiger partial charge in [0.05, 0.1) is 16.9 Å². The highest BCUT2D eigenvalue weighted by Gasteiger charge is 2.49. The summed E-state index contributed by atoms with van der Waals surface area (Å²) in [6, 6.07) is 3.31. The molecule has 5 heteroatoms. The van der Waals surface area contributed by atoms with E-state index in [1.807, 2.05) is 33.8 Å². The Morgan fingerprint density at radius 2 is 1.73 bits per heavy atom. The van der Waals surface area contributed by atoms with Crippen LogP contribution in [0.1, 0.15) is 51.5 Å². The molecule has 0 atom stereocenters. The normalized spacial score (nSPS) is 23.7. The van der Waals surface area contributed by atoms with Crippen molar-refractivity contribution in [1.82, 2.24) is 0 Å². The zero-order chi connectivity index (χ0) is 16.3. The molecule has 1 aromatic rings. The first kappa shape index (κ1) is 15.4. The number of hydrogen-bond acceptors (Lipinski definition) is 3. The van der Waals surface area contributed by atoms with Crippen LogP contribution >= 0.6 is 0 Å². The van der Waals surface area contributed by atoms with Gasteiger partial charge < -0.3 is 14.4 Å². The van der Waals surface area contributed by atoms with Crippen LogP contribution in [0, 0.1) is 5.82 Å². The number of benzene rings is 1. The molecule has 1 saturated heterocycles. The molecule has 3 rings (SSSR count). The minimum absolute atomic E-state index is 0.0604. The van der Waals surface area contributed by atoms with E-state index in [1.165, 1.54) is 11.0 Å². The van der Waals surface area contributed by atoms with E-state index in [4.69, 9.17) is 9.47 Å². The molecule has 2 aliphatic rings. The molecule has 0 spiro atoms. The maximum Gasteiger partial charge on any atom is 0.227 e. The summed E-state index contributed by atoms with van der Waals surface area (Å²) in [5.74, 6) is -0.465. The highest BCUT2D eigenvalue weighted by atomic mass is 19.1. The van der Waals surface area contributed by atoms with Gasteiger partial charge >= 0.3 is 0 Å². The lowest BCUT2D eigenvalue weighted by atomic mass is 9.90. The predicted octanol–water partition coefficient (Wildman–Crippen LogP) is 3.34. The summed E-state index contributed by atoms with van der Waals surface area (Å²) in [4.78, 5) is 13.1. The Hall–Kier alpha value is -1.46. The first-order valence-electron chi connectivity index (χ1n) is 7.57. The van der Waals surface area contributed by atoms with Crippen LogP contribution in [0.25, 0.3) is 0 Å². The summed E-state index contributed by atoms with van der Waals surface area (Å²) < 4.78 is 26.4. The van der Waals surface area contributed by atoms with Crippen molar-refractivity contribution in [3.63, 3.8) is 0 Å². The molecule has 1 aromatic carbocycles. The van der Waals surface area contributed by atoms with Crippen molar-refractivity contribution in [2.24, 2.45) is 0 Å². The van der Waals surface area contributed by atoms with E-state index < -0.39 is 23.3 Å². The van der Waals surface area contributed by atoms with E-state index in [9.17, 15) is 9.18 Å². The summed E-state index contributed by atoms with van der Waals surface area (Å²) in [5.41, 5.74) is 0.939. The van der Waals surface area contributed by atoms with Gasteiger partial charge in [0.15, 0.2) is 6.29 Å². The van der Waals surface area contributed by atoms with E-state index in [-0.39, 0.29) is 5.91 Å². The number of carbonyl (C=O) groups excluding carboxylic acids is 1. The third-order valence-electron chi connectivity index (χ3n) is 5.01. The van der Waals surface area contributed by atoms with Crippen molar-refractivity contribution < 1.29 is 18.7 Å². The standard InChI is InChI=1S/C17H22FNO3/c1-16(2)17(3,4)22-15(21-16)11-8-10-6-7-13(20)19(5)14(10)12(18)9-11/h8-9,15H,6-7H2,1-5H3. The molecule has 1 fully saturated rings. The number of amides is 1. The van der Waals surface area contributed by atoms with E-state index in [1.54, 1.807) is 7.05 Å². The van der Waals surface area contributed by atoms with Crippen LogP contribution in [0.3, 0.4) is 0 Å². The molecular weight excluding hydrogens is 285 g/mol. The second-order valence-electron chi connectivity index (χ2n) is 7.05. The Labute approximate surface area is 130 Å². The Morgan fingerprint density at radius 3 is 2.32 bits per heavy atom. The van der Waals surface area contributed by atoms with Gasteiger partial charge in [0.1, 0.15) is 5.82 Å². The molecule has 120 valence electrons. The van der Waals surface area contributed by atoms with Gasteiger partial charge in [0.2, 0.25) is 5.91 Å². The van der Waals surface area contributed by atoms with E-state index in [2.05, 4.69) is 0 Å². The van der Waals surface area contributed by atoms with Crippen molar-refractivity contribution in [3.8, 4) is 0 Å². The first-order valence-corrected chi connectivity index (χ1v) is 7.57. The molecule has 0 aliphatic carbocycles. The number of aryl methyl sites for hydroxylation is 1. The first-order chi connectivity index (χ1) is 10.1. The van der Waals surface area contributed by atoms with Crippen LogP contribution in [-0.4, -0.2) is 24.2 Å². The van der Waals surface area contributed by atoms with Gasteiger partial charge in [-0.15, -0.1) is 0 Å². The van der Waals surface area contributed by atoms with Gasteiger partial charge in [-0.25, -0.2) is 4.39 Å². The van der Waals surface area contributed by atoms with Gasteiger partial charge in [-0.3, -0.25) is 4.79 Å². The maximum atomic E-state index is 14.5. The summed E-state index contributed by atoms with van der Waals surface area (Å²) in [6.45, 7) is 7.87. The summed E-state index contributed by atoms with van der Waals surface area (Å²) >= 11 is 0. The van der Waals surface area contributed by atoms with Crippen LogP contribution < -0.4 is 4.90 Å². The van der Waals surface area contributed by atoms with E-state index in [0.29, 0.717) is 24.1 Å². The van der Waals surface area contributed by atoms with Gasteiger partial charge in [-0.2, -0.15) is 0 Å². The predicted molar refractivity (Wildman–Crippen MR) is 81.2 cm³/mol. The number of carbonyl (C=O) groups is 1. The Balaban J connectivity index is 1.98. The van der Waals surface area contributed by atoms with Crippen molar-refractivity contribution in [2.45, 2.75) is 58.0 Å². The number of rotatable bonds is 1. The van der Waals surface area contributed by atoms with E-state index >= 15 is 0 Å².